The van der Waals surface area contributed by atoms with Gasteiger partial charge in [0.2, 0.25) is 29.5 Å². The smallest absolute Gasteiger partial charge is 0.338 e. The standard InChI is InChI=1S/C55H85BrN8O10/c1-15-35(6)49(63(12)54(70)47(33(2)3)59-53(69)48(34(4)5)62(10)11)44(72-13)30-42(65)32-64-29-19-22-43(64)50(73-14)36(7)52(68)58-38(9)51(40-20-17-16-18-21-40)74-55(71)41-25-23-39(24-26-41)37(8)60-61-45(66)27-28-57-46(67)31-56/h16-18,20-21,23-26,33-36,38,43-44,47-51H,15,19,22,27-32H2,1-14H3,(H,57,67)(H,58,68)(H,59,69)(H,61,66)/t35-,36+,38+,43-,44+,47-,48-,49-,50+,51+/m0/s1. The van der Waals surface area contributed by atoms with Gasteiger partial charge in [-0.2, -0.15) is 5.10 Å². The van der Waals surface area contributed by atoms with Crippen LogP contribution < -0.4 is 21.4 Å². The monoisotopic (exact) mass is 1100 g/mol. The molecular formula is C55H85BrN8O10. The van der Waals surface area contributed by atoms with Crippen LogP contribution in [0.2, 0.25) is 0 Å². The van der Waals surface area contributed by atoms with Crippen molar-refractivity contribution in [3.8, 4) is 0 Å². The number of carbonyl (C=O) groups excluding carboxylic acids is 7. The highest BCUT2D eigenvalue weighted by molar-refractivity contribution is 9.09. The Morgan fingerprint density at radius 1 is 0.824 bits per heavy atom. The van der Waals surface area contributed by atoms with Gasteiger partial charge in [0.15, 0.2) is 0 Å². The van der Waals surface area contributed by atoms with E-state index < -0.39 is 54.4 Å². The summed E-state index contributed by atoms with van der Waals surface area (Å²) >= 11 is 3.06. The van der Waals surface area contributed by atoms with Gasteiger partial charge in [0.1, 0.15) is 17.9 Å². The zero-order chi connectivity index (χ0) is 55.4. The number of likely N-dealkylation sites (N-methyl/N-ethyl adjacent to an activating group) is 2. The van der Waals surface area contributed by atoms with Crippen LogP contribution >= 0.6 is 15.9 Å². The van der Waals surface area contributed by atoms with Crippen molar-refractivity contribution in [1.29, 1.82) is 0 Å². The Morgan fingerprint density at radius 2 is 1.46 bits per heavy atom. The summed E-state index contributed by atoms with van der Waals surface area (Å²) in [4.78, 5) is 99.1. The molecule has 18 nitrogen and oxygen atoms in total. The van der Waals surface area contributed by atoms with Crippen LogP contribution in [0.3, 0.4) is 0 Å². The van der Waals surface area contributed by atoms with Crippen LogP contribution in [0, 0.1) is 23.7 Å². The minimum atomic E-state index is -0.864. The van der Waals surface area contributed by atoms with Crippen molar-refractivity contribution < 1.29 is 47.8 Å². The summed E-state index contributed by atoms with van der Waals surface area (Å²) in [6, 6.07) is 13.2. The van der Waals surface area contributed by atoms with E-state index in [9.17, 15) is 33.6 Å². The molecular weight excluding hydrogens is 1010 g/mol. The summed E-state index contributed by atoms with van der Waals surface area (Å²) in [5.41, 5.74) is 4.58. The van der Waals surface area contributed by atoms with E-state index in [0.717, 1.165) is 12.8 Å². The predicted molar refractivity (Wildman–Crippen MR) is 290 cm³/mol. The average molecular weight is 1100 g/mol. The third kappa shape index (κ3) is 18.3. The third-order valence-corrected chi connectivity index (χ3v) is 14.6. The number of ketones is 1. The minimum Gasteiger partial charge on any atom is -0.452 e. The first-order valence-corrected chi connectivity index (χ1v) is 27.0. The van der Waals surface area contributed by atoms with Crippen LogP contribution in [0.15, 0.2) is 59.7 Å². The number of hydrogen-bond acceptors (Lipinski definition) is 13. The van der Waals surface area contributed by atoms with E-state index in [1.54, 1.807) is 71.2 Å². The zero-order valence-electron chi connectivity index (χ0n) is 46.2. The van der Waals surface area contributed by atoms with E-state index in [0.29, 0.717) is 29.8 Å². The molecule has 1 saturated heterocycles. The molecule has 0 unspecified atom stereocenters. The maximum absolute atomic E-state index is 14.3. The predicted octanol–water partition coefficient (Wildman–Crippen LogP) is 5.52. The topological polar surface area (TPSA) is 217 Å². The Bertz CT molecular complexity index is 2170. The van der Waals surface area contributed by atoms with E-state index in [2.05, 4.69) is 47.3 Å². The van der Waals surface area contributed by atoms with Crippen molar-refractivity contribution in [1.82, 2.24) is 36.1 Å². The fraction of sp³-hybridized carbons (Fsp3) is 0.636. The number of nitrogens with zero attached hydrogens (tertiary/aromatic N) is 4. The summed E-state index contributed by atoms with van der Waals surface area (Å²) in [6.45, 7) is 18.0. The van der Waals surface area contributed by atoms with Gasteiger partial charge in [-0.25, -0.2) is 10.2 Å². The molecule has 1 heterocycles. The number of halogens is 1. The first-order chi connectivity index (χ1) is 35.0. The quantitative estimate of drug-likeness (QED) is 0.0329. The normalized spacial score (nSPS) is 17.8. The molecule has 1 aliphatic rings. The number of methoxy groups -OCH3 is 2. The summed E-state index contributed by atoms with van der Waals surface area (Å²) in [6.07, 6.45) is 0.253. The first-order valence-electron chi connectivity index (χ1n) is 25.9. The average Bonchev–Trinajstić information content (AvgIpc) is 3.82. The lowest BCUT2D eigenvalue weighted by Crippen LogP contribution is -2.59. The van der Waals surface area contributed by atoms with Crippen LogP contribution in [0.1, 0.15) is 122 Å². The maximum Gasteiger partial charge on any atom is 0.338 e. The molecule has 19 heteroatoms. The molecule has 1 aliphatic heterocycles. The van der Waals surface area contributed by atoms with Crippen LogP contribution in [-0.4, -0.2) is 164 Å². The van der Waals surface area contributed by atoms with Crippen molar-refractivity contribution in [3.05, 3.63) is 71.3 Å². The third-order valence-electron chi connectivity index (χ3n) is 14.0. The number of ether oxygens (including phenoxy) is 3. The number of esters is 1. The fourth-order valence-electron chi connectivity index (χ4n) is 9.81. The largest absolute Gasteiger partial charge is 0.452 e. The molecule has 2 aromatic rings. The van der Waals surface area contributed by atoms with Gasteiger partial charge in [-0.1, -0.05) is 113 Å². The highest BCUT2D eigenvalue weighted by Gasteiger charge is 2.42. The number of benzene rings is 2. The van der Waals surface area contributed by atoms with Gasteiger partial charge in [-0.05, 0) is 88.3 Å². The van der Waals surface area contributed by atoms with Crippen molar-refractivity contribution >= 4 is 62.9 Å². The number of Topliss-reactive ketones (excluding diaryl/α,β-unsaturated/α-hetero) is 1. The van der Waals surface area contributed by atoms with Crippen molar-refractivity contribution in [2.24, 2.45) is 28.8 Å². The SMILES string of the molecule is CC[C@H](C)[C@@H]([C@@H](CC(=O)CN1CCC[C@H]1[C@H](OC)[C@@H](C)C(=O)N[C@H](C)[C@@H](OC(=O)c1ccc(C(C)=NNC(=O)CCNC(=O)CBr)cc1)c1ccccc1)OC)N(C)C(=O)[C@@H](NC(=O)[C@H](C(C)C)N(C)C)C(C)C. The molecule has 0 aliphatic carbocycles. The molecule has 0 aromatic heterocycles. The highest BCUT2D eigenvalue weighted by Crippen LogP contribution is 2.30. The molecule has 5 amide bonds. The lowest BCUT2D eigenvalue weighted by atomic mass is 9.89. The molecule has 0 bridgehead atoms. The fourth-order valence-corrected chi connectivity index (χ4v) is 10.0. The number of hydrogen-bond donors (Lipinski definition) is 4. The van der Waals surface area contributed by atoms with Gasteiger partial charge in [0, 0.05) is 46.7 Å². The van der Waals surface area contributed by atoms with E-state index in [1.165, 1.54) is 0 Å². The second kappa shape index (κ2) is 31.1. The molecule has 2 aromatic carbocycles. The van der Waals surface area contributed by atoms with Gasteiger partial charge in [0.25, 0.3) is 0 Å². The number of rotatable bonds is 30. The van der Waals surface area contributed by atoms with Gasteiger partial charge < -0.3 is 35.1 Å². The summed E-state index contributed by atoms with van der Waals surface area (Å²) in [7, 11) is 8.55. The molecule has 1 fully saturated rings. The van der Waals surface area contributed by atoms with E-state index in [1.807, 2.05) is 90.9 Å². The molecule has 4 N–H and O–H groups in total. The van der Waals surface area contributed by atoms with Crippen LogP contribution in [0.4, 0.5) is 0 Å². The molecule has 0 radical (unpaired) electrons. The second-order valence-electron chi connectivity index (χ2n) is 20.5. The second-order valence-corrected chi connectivity index (χ2v) is 21.0. The maximum atomic E-state index is 14.3. The Hall–Kier alpha value is -5.08. The molecule has 0 saturated carbocycles. The summed E-state index contributed by atoms with van der Waals surface area (Å²) in [5, 5.41) is 13.0. The lowest BCUT2D eigenvalue weighted by molar-refractivity contribution is -0.144. The Morgan fingerprint density at radius 3 is 2.01 bits per heavy atom. The number of alkyl halides is 1. The summed E-state index contributed by atoms with van der Waals surface area (Å²) in [5.74, 6) is -2.92. The lowest BCUT2D eigenvalue weighted by Gasteiger charge is -2.40. The van der Waals surface area contributed by atoms with Gasteiger partial charge in [0.05, 0.1) is 59.4 Å². The Kier molecular flexibility index (Phi) is 26.6. The van der Waals surface area contributed by atoms with E-state index in [-0.39, 0.29) is 95.9 Å². The van der Waals surface area contributed by atoms with E-state index >= 15 is 0 Å². The number of nitrogens with one attached hydrogen (secondary N) is 4. The highest BCUT2D eigenvalue weighted by atomic mass is 79.9. The Labute approximate surface area is 448 Å². The van der Waals surface area contributed by atoms with Gasteiger partial charge in [-0.15, -0.1) is 0 Å². The zero-order valence-corrected chi connectivity index (χ0v) is 47.8. The molecule has 74 heavy (non-hydrogen) atoms. The first kappa shape index (κ1) is 63.2. The number of amides is 5. The van der Waals surface area contributed by atoms with Crippen molar-refractivity contribution in [3.63, 3.8) is 0 Å². The van der Waals surface area contributed by atoms with Gasteiger partial charge in [-0.3, -0.25) is 38.6 Å². The van der Waals surface area contributed by atoms with Gasteiger partial charge >= 0.3 is 5.97 Å². The van der Waals surface area contributed by atoms with Crippen molar-refractivity contribution in [2.75, 3.05) is 60.3 Å². The molecule has 3 rings (SSSR count). The van der Waals surface area contributed by atoms with E-state index in [4.69, 9.17) is 14.2 Å². The molecule has 10 atom stereocenters. The number of hydrazone groups is 1. The Balaban J connectivity index is 1.72. The summed E-state index contributed by atoms with van der Waals surface area (Å²) < 4.78 is 18.2. The minimum absolute atomic E-state index is 0.0254. The molecule has 412 valence electrons. The number of likely N-dealkylation sites (tertiary alicyclic amines) is 1. The van der Waals surface area contributed by atoms with Crippen LogP contribution in [0.25, 0.3) is 0 Å². The van der Waals surface area contributed by atoms with Crippen LogP contribution in [0.5, 0.6) is 0 Å². The van der Waals surface area contributed by atoms with Crippen molar-refractivity contribution in [2.45, 2.75) is 143 Å². The number of carbonyl (C=O) groups is 7. The molecule has 0 spiro atoms. The van der Waals surface area contributed by atoms with Crippen LogP contribution in [-0.2, 0) is 43.0 Å².